The maximum atomic E-state index is 13.1. The molecule has 9 heteroatoms. The van der Waals surface area contributed by atoms with E-state index in [1.807, 2.05) is 36.4 Å². The molecule has 2 aromatic carbocycles. The standard InChI is InChI=1S/C28H32N4O5/c1-28(2,21-9-5-4-6-10-21)30-26(34)25(33)29-22-19-37-24-12-11-20(18-23(24)31(3)27(22)35)8-7-13-32-14-16-36-17-15-32/h4-6,9-12,18,22H,13-17,19H2,1-3H3,(H,29,33)(H,30,34)/t22-/m0/s1. The number of hydrogen-bond donors (Lipinski definition) is 2. The molecule has 2 N–H and O–H groups in total. The molecule has 0 bridgehead atoms. The second-order valence-electron chi connectivity index (χ2n) is 9.55. The van der Waals surface area contributed by atoms with Gasteiger partial charge in [-0.3, -0.25) is 19.3 Å². The van der Waals surface area contributed by atoms with Crippen LogP contribution in [0, 0.1) is 11.8 Å². The van der Waals surface area contributed by atoms with Gasteiger partial charge in [-0.25, -0.2) is 0 Å². The van der Waals surface area contributed by atoms with Gasteiger partial charge in [-0.05, 0) is 37.6 Å². The molecule has 3 amide bonds. The van der Waals surface area contributed by atoms with Crippen LogP contribution in [0.2, 0.25) is 0 Å². The Morgan fingerprint density at radius 1 is 1.08 bits per heavy atom. The van der Waals surface area contributed by atoms with Crippen LogP contribution in [0.1, 0.15) is 25.0 Å². The molecule has 194 valence electrons. The van der Waals surface area contributed by atoms with Crippen LogP contribution in [-0.2, 0) is 24.7 Å². The molecule has 2 aliphatic heterocycles. The van der Waals surface area contributed by atoms with Gasteiger partial charge in [0.15, 0.2) is 0 Å². The number of rotatable bonds is 4. The molecular formula is C28H32N4O5. The average Bonchev–Trinajstić information content (AvgIpc) is 3.01. The molecule has 1 atom stereocenters. The summed E-state index contributed by atoms with van der Waals surface area (Å²) in [6.45, 7) is 7.31. The summed E-state index contributed by atoms with van der Waals surface area (Å²) < 4.78 is 11.2. The van der Waals surface area contributed by atoms with Crippen molar-refractivity contribution in [1.29, 1.82) is 0 Å². The number of hydrogen-bond acceptors (Lipinski definition) is 6. The number of carbonyl (C=O) groups excluding carboxylic acids is 3. The molecule has 9 nitrogen and oxygen atoms in total. The number of likely N-dealkylation sites (N-methyl/N-ethyl adjacent to an activating group) is 1. The van der Waals surface area contributed by atoms with Crippen LogP contribution in [0.15, 0.2) is 48.5 Å². The van der Waals surface area contributed by atoms with Gasteiger partial charge in [0, 0.05) is 25.7 Å². The van der Waals surface area contributed by atoms with E-state index in [0.717, 1.165) is 37.4 Å². The Labute approximate surface area is 217 Å². The molecule has 1 fully saturated rings. The number of carbonyl (C=O) groups is 3. The molecule has 4 rings (SSSR count). The summed E-state index contributed by atoms with van der Waals surface area (Å²) in [4.78, 5) is 42.1. The number of morpholine rings is 1. The van der Waals surface area contributed by atoms with E-state index in [0.29, 0.717) is 18.0 Å². The van der Waals surface area contributed by atoms with E-state index in [4.69, 9.17) is 9.47 Å². The summed E-state index contributed by atoms with van der Waals surface area (Å²) in [5, 5.41) is 5.25. The fraction of sp³-hybridized carbons (Fsp3) is 0.393. The van der Waals surface area contributed by atoms with E-state index in [2.05, 4.69) is 27.4 Å². The van der Waals surface area contributed by atoms with Gasteiger partial charge in [-0.2, -0.15) is 0 Å². The van der Waals surface area contributed by atoms with Gasteiger partial charge in [-0.1, -0.05) is 42.2 Å². The molecule has 2 aromatic rings. The quantitative estimate of drug-likeness (QED) is 0.481. The molecule has 1 saturated heterocycles. The average molecular weight is 505 g/mol. The number of amides is 3. The molecule has 0 spiro atoms. The van der Waals surface area contributed by atoms with Gasteiger partial charge < -0.3 is 25.0 Å². The predicted octanol–water partition coefficient (Wildman–Crippen LogP) is 1.26. The zero-order valence-corrected chi connectivity index (χ0v) is 21.4. The normalized spacial score (nSPS) is 18.0. The Morgan fingerprint density at radius 3 is 2.54 bits per heavy atom. The summed E-state index contributed by atoms with van der Waals surface area (Å²) in [6.07, 6.45) is 0. The third kappa shape index (κ3) is 6.47. The number of nitrogens with one attached hydrogen (secondary N) is 2. The summed E-state index contributed by atoms with van der Waals surface area (Å²) in [5.41, 5.74) is 1.38. The van der Waals surface area contributed by atoms with Gasteiger partial charge in [0.1, 0.15) is 18.4 Å². The van der Waals surface area contributed by atoms with Crippen molar-refractivity contribution >= 4 is 23.4 Å². The van der Waals surface area contributed by atoms with Crippen LogP contribution in [0.5, 0.6) is 5.75 Å². The lowest BCUT2D eigenvalue weighted by molar-refractivity contribution is -0.141. The van der Waals surface area contributed by atoms with Crippen LogP contribution >= 0.6 is 0 Å². The highest BCUT2D eigenvalue weighted by Crippen LogP contribution is 2.31. The minimum atomic E-state index is -1.02. The molecule has 0 aromatic heterocycles. The first-order chi connectivity index (χ1) is 17.7. The SMILES string of the molecule is CN1C(=O)[C@@H](NC(=O)C(=O)NC(C)(C)c2ccccc2)COc2ccc(C#CCN3CCOCC3)cc21. The molecule has 2 heterocycles. The van der Waals surface area contributed by atoms with Gasteiger partial charge >= 0.3 is 11.8 Å². The first-order valence-electron chi connectivity index (χ1n) is 12.3. The van der Waals surface area contributed by atoms with Crippen molar-refractivity contribution in [3.05, 3.63) is 59.7 Å². The third-order valence-corrected chi connectivity index (χ3v) is 6.43. The third-order valence-electron chi connectivity index (χ3n) is 6.43. The van der Waals surface area contributed by atoms with E-state index in [-0.39, 0.29) is 12.5 Å². The summed E-state index contributed by atoms with van der Waals surface area (Å²) in [6, 6.07) is 13.7. The van der Waals surface area contributed by atoms with Crippen LogP contribution in [-0.4, -0.2) is 75.2 Å². The highest BCUT2D eigenvalue weighted by Gasteiger charge is 2.33. The van der Waals surface area contributed by atoms with Crippen molar-refractivity contribution in [3.8, 4) is 17.6 Å². The second-order valence-corrected chi connectivity index (χ2v) is 9.55. The van der Waals surface area contributed by atoms with E-state index in [1.54, 1.807) is 33.0 Å². The number of nitrogens with zero attached hydrogens (tertiary/aromatic N) is 2. The fourth-order valence-corrected chi connectivity index (χ4v) is 4.18. The van der Waals surface area contributed by atoms with Crippen LogP contribution in [0.4, 0.5) is 5.69 Å². The van der Waals surface area contributed by atoms with Crippen molar-refractivity contribution < 1.29 is 23.9 Å². The molecule has 37 heavy (non-hydrogen) atoms. The second kappa shape index (κ2) is 11.5. The molecule has 0 unspecified atom stereocenters. The Kier molecular flexibility index (Phi) is 8.11. The monoisotopic (exact) mass is 504 g/mol. The van der Waals surface area contributed by atoms with E-state index >= 15 is 0 Å². The minimum absolute atomic E-state index is 0.0979. The van der Waals surface area contributed by atoms with E-state index in [1.165, 1.54) is 4.90 Å². The smallest absolute Gasteiger partial charge is 0.310 e. The molecular weight excluding hydrogens is 472 g/mol. The Balaban J connectivity index is 1.39. The lowest BCUT2D eigenvalue weighted by Gasteiger charge is -2.27. The summed E-state index contributed by atoms with van der Waals surface area (Å²) in [7, 11) is 1.61. The highest BCUT2D eigenvalue weighted by atomic mass is 16.5. The highest BCUT2D eigenvalue weighted by molar-refractivity contribution is 6.35. The van der Waals surface area contributed by atoms with Crippen molar-refractivity contribution in [3.63, 3.8) is 0 Å². The van der Waals surface area contributed by atoms with E-state index in [9.17, 15) is 14.4 Å². The van der Waals surface area contributed by atoms with Crippen LogP contribution in [0.3, 0.4) is 0 Å². The minimum Gasteiger partial charge on any atom is -0.489 e. The fourth-order valence-electron chi connectivity index (χ4n) is 4.18. The van der Waals surface area contributed by atoms with Crippen molar-refractivity contribution in [1.82, 2.24) is 15.5 Å². The van der Waals surface area contributed by atoms with Crippen molar-refractivity contribution in [2.45, 2.75) is 25.4 Å². The zero-order chi connectivity index (χ0) is 26.4. The number of anilines is 1. The van der Waals surface area contributed by atoms with Crippen LogP contribution < -0.4 is 20.3 Å². The summed E-state index contributed by atoms with van der Waals surface area (Å²) in [5.74, 6) is 4.70. The Hall–Kier alpha value is -3.87. The summed E-state index contributed by atoms with van der Waals surface area (Å²) >= 11 is 0. The lowest BCUT2D eigenvalue weighted by atomic mass is 9.94. The topological polar surface area (TPSA) is 100 Å². The number of fused-ring (bicyclic) bond motifs is 1. The first-order valence-corrected chi connectivity index (χ1v) is 12.3. The van der Waals surface area contributed by atoms with Crippen molar-refractivity contribution in [2.24, 2.45) is 0 Å². The predicted molar refractivity (Wildman–Crippen MR) is 139 cm³/mol. The molecule has 0 aliphatic carbocycles. The maximum Gasteiger partial charge on any atom is 0.310 e. The van der Waals surface area contributed by atoms with Gasteiger partial charge in [0.2, 0.25) is 0 Å². The number of benzene rings is 2. The molecule has 0 saturated carbocycles. The van der Waals surface area contributed by atoms with Crippen molar-refractivity contribution in [2.75, 3.05) is 51.4 Å². The Bertz CT molecular complexity index is 1210. The van der Waals surface area contributed by atoms with Gasteiger partial charge in [0.25, 0.3) is 5.91 Å². The van der Waals surface area contributed by atoms with Gasteiger partial charge in [0.05, 0.1) is 31.0 Å². The molecule has 2 aliphatic rings. The maximum absolute atomic E-state index is 13.1. The Morgan fingerprint density at radius 2 is 1.81 bits per heavy atom. The largest absolute Gasteiger partial charge is 0.489 e. The number of ether oxygens (including phenoxy) is 2. The first kappa shape index (κ1) is 26.2. The lowest BCUT2D eigenvalue weighted by Crippen LogP contribution is -2.55. The molecule has 0 radical (unpaired) electrons. The van der Waals surface area contributed by atoms with Crippen LogP contribution in [0.25, 0.3) is 0 Å². The van der Waals surface area contributed by atoms with E-state index < -0.39 is 23.4 Å². The zero-order valence-electron chi connectivity index (χ0n) is 21.4. The van der Waals surface area contributed by atoms with Gasteiger partial charge in [-0.15, -0.1) is 0 Å².